The number of rotatable bonds is 1. The highest BCUT2D eigenvalue weighted by atomic mass is 32.1. The lowest BCUT2D eigenvalue weighted by atomic mass is 9.85. The molecule has 1 fully saturated rings. The Morgan fingerprint density at radius 3 is 2.68 bits per heavy atom. The van der Waals surface area contributed by atoms with Crippen molar-refractivity contribution >= 4 is 17.2 Å². The molecule has 4 rings (SSSR count). The van der Waals surface area contributed by atoms with Crippen LogP contribution in [0.4, 0.5) is 0 Å². The Hall–Kier alpha value is -1.59. The van der Waals surface area contributed by atoms with Crippen molar-refractivity contribution in [1.82, 2.24) is 9.47 Å². The van der Waals surface area contributed by atoms with E-state index in [-0.39, 0.29) is 17.0 Å². The predicted molar refractivity (Wildman–Crippen MR) is 100 cm³/mol. The standard InChI is InChI=1S/C20H26N2O2S/c1-19(2,3)22-9-4-16(14-22)18(23)21-10-7-20(8-11-21)17-15(5-12-24-20)6-13-25-17/h4,6,9,13-14H,5,7-8,10-12H2,1-3H3. The maximum absolute atomic E-state index is 12.9. The Balaban J connectivity index is 1.48. The van der Waals surface area contributed by atoms with E-state index in [0.717, 1.165) is 44.5 Å². The third kappa shape index (κ3) is 2.93. The number of aromatic nitrogens is 1. The van der Waals surface area contributed by atoms with Crippen LogP contribution in [-0.2, 0) is 22.3 Å². The van der Waals surface area contributed by atoms with E-state index in [1.807, 2.05) is 34.7 Å². The van der Waals surface area contributed by atoms with Crippen LogP contribution in [0.3, 0.4) is 0 Å². The Morgan fingerprint density at radius 1 is 1.24 bits per heavy atom. The normalized spacial score (nSPS) is 19.9. The number of hydrogen-bond acceptors (Lipinski definition) is 3. The summed E-state index contributed by atoms with van der Waals surface area (Å²) in [5.41, 5.74) is 2.07. The predicted octanol–water partition coefficient (Wildman–Crippen LogP) is 4.01. The molecule has 2 aromatic heterocycles. The number of carbonyl (C=O) groups excluding carboxylic acids is 1. The van der Waals surface area contributed by atoms with Crippen LogP contribution in [-0.4, -0.2) is 35.1 Å². The first kappa shape index (κ1) is 16.9. The summed E-state index contributed by atoms with van der Waals surface area (Å²) in [4.78, 5) is 16.3. The van der Waals surface area contributed by atoms with Crippen LogP contribution in [0, 0.1) is 0 Å². The summed E-state index contributed by atoms with van der Waals surface area (Å²) in [6, 6.07) is 4.17. The number of hydrogen-bond donors (Lipinski definition) is 0. The zero-order valence-electron chi connectivity index (χ0n) is 15.2. The van der Waals surface area contributed by atoms with Crippen molar-refractivity contribution in [2.45, 2.75) is 51.2 Å². The molecule has 1 spiro atoms. The van der Waals surface area contributed by atoms with Gasteiger partial charge in [0.2, 0.25) is 0 Å². The van der Waals surface area contributed by atoms with E-state index in [0.29, 0.717) is 0 Å². The quantitative estimate of drug-likeness (QED) is 0.772. The Labute approximate surface area is 153 Å². The molecular weight excluding hydrogens is 332 g/mol. The highest BCUT2D eigenvalue weighted by Crippen LogP contribution is 2.44. The summed E-state index contributed by atoms with van der Waals surface area (Å²) in [5.74, 6) is 0.139. The molecule has 0 bridgehead atoms. The first-order valence-electron chi connectivity index (χ1n) is 9.08. The lowest BCUT2D eigenvalue weighted by Gasteiger charge is -2.43. The van der Waals surface area contributed by atoms with Crippen molar-refractivity contribution in [1.29, 1.82) is 0 Å². The van der Waals surface area contributed by atoms with E-state index in [1.54, 1.807) is 0 Å². The van der Waals surface area contributed by atoms with E-state index in [9.17, 15) is 4.79 Å². The molecule has 134 valence electrons. The van der Waals surface area contributed by atoms with E-state index >= 15 is 0 Å². The molecule has 4 heterocycles. The van der Waals surface area contributed by atoms with E-state index < -0.39 is 0 Å². The van der Waals surface area contributed by atoms with Crippen molar-refractivity contribution in [3.63, 3.8) is 0 Å². The maximum atomic E-state index is 12.9. The van der Waals surface area contributed by atoms with Crippen LogP contribution in [0.15, 0.2) is 29.9 Å². The topological polar surface area (TPSA) is 34.5 Å². The lowest BCUT2D eigenvalue weighted by Crippen LogP contribution is -2.47. The molecule has 25 heavy (non-hydrogen) atoms. The molecule has 0 saturated carbocycles. The summed E-state index contributed by atoms with van der Waals surface area (Å²) in [7, 11) is 0. The van der Waals surface area contributed by atoms with E-state index in [2.05, 4.69) is 36.8 Å². The summed E-state index contributed by atoms with van der Waals surface area (Å²) in [6.07, 6.45) is 6.78. The lowest BCUT2D eigenvalue weighted by molar-refractivity contribution is -0.0906. The van der Waals surface area contributed by atoms with E-state index in [1.165, 1.54) is 10.4 Å². The summed E-state index contributed by atoms with van der Waals surface area (Å²) < 4.78 is 8.35. The van der Waals surface area contributed by atoms with Gasteiger partial charge in [0, 0.05) is 35.9 Å². The molecule has 0 unspecified atom stereocenters. The Bertz CT molecular complexity index is 776. The minimum Gasteiger partial charge on any atom is -0.369 e. The van der Waals surface area contributed by atoms with Crippen LogP contribution in [0.25, 0.3) is 0 Å². The molecular formula is C20H26N2O2S. The van der Waals surface area contributed by atoms with Crippen molar-refractivity contribution < 1.29 is 9.53 Å². The van der Waals surface area contributed by atoms with Gasteiger partial charge in [-0.1, -0.05) is 0 Å². The van der Waals surface area contributed by atoms with Crippen LogP contribution in [0.2, 0.25) is 0 Å². The SMILES string of the molecule is CC(C)(C)n1ccc(C(=O)N2CCC3(CC2)OCCc2ccsc23)c1. The fourth-order valence-corrected chi connectivity index (χ4v) is 5.09. The zero-order valence-corrected chi connectivity index (χ0v) is 16.1. The number of likely N-dealkylation sites (tertiary alicyclic amines) is 1. The van der Waals surface area contributed by atoms with Gasteiger partial charge in [-0.15, -0.1) is 11.3 Å². The molecule has 0 aromatic carbocycles. The van der Waals surface area contributed by atoms with Crippen LogP contribution in [0.5, 0.6) is 0 Å². The van der Waals surface area contributed by atoms with Gasteiger partial charge in [-0.25, -0.2) is 0 Å². The van der Waals surface area contributed by atoms with Gasteiger partial charge in [-0.05, 0) is 63.1 Å². The van der Waals surface area contributed by atoms with Gasteiger partial charge in [0.05, 0.1) is 12.2 Å². The minimum absolute atomic E-state index is 0.00397. The van der Waals surface area contributed by atoms with Crippen LogP contribution in [0.1, 0.15) is 54.4 Å². The fourth-order valence-electron chi connectivity index (χ4n) is 3.92. The number of ether oxygens (including phenoxy) is 1. The van der Waals surface area contributed by atoms with Gasteiger partial charge in [-0.2, -0.15) is 0 Å². The monoisotopic (exact) mass is 358 g/mol. The highest BCUT2D eigenvalue weighted by molar-refractivity contribution is 7.10. The average molecular weight is 359 g/mol. The van der Waals surface area contributed by atoms with Crippen LogP contribution < -0.4 is 0 Å². The zero-order chi connectivity index (χ0) is 17.7. The largest absolute Gasteiger partial charge is 0.369 e. The van der Waals surface area contributed by atoms with Crippen LogP contribution >= 0.6 is 11.3 Å². The first-order valence-corrected chi connectivity index (χ1v) is 9.96. The average Bonchev–Trinajstić information content (AvgIpc) is 3.25. The van der Waals surface area contributed by atoms with Gasteiger partial charge >= 0.3 is 0 Å². The number of thiophene rings is 1. The molecule has 2 aliphatic heterocycles. The summed E-state index contributed by atoms with van der Waals surface area (Å²) in [5, 5.41) is 2.17. The molecule has 2 aromatic rings. The molecule has 0 atom stereocenters. The van der Waals surface area contributed by atoms with E-state index in [4.69, 9.17) is 4.74 Å². The maximum Gasteiger partial charge on any atom is 0.255 e. The Morgan fingerprint density at radius 2 is 2.00 bits per heavy atom. The smallest absolute Gasteiger partial charge is 0.255 e. The molecule has 1 amide bonds. The second kappa shape index (κ2) is 5.99. The first-order chi connectivity index (χ1) is 11.9. The van der Waals surface area contributed by atoms with Gasteiger partial charge in [0.15, 0.2) is 0 Å². The minimum atomic E-state index is -0.157. The fraction of sp³-hybridized carbons (Fsp3) is 0.550. The molecule has 0 N–H and O–H groups in total. The second-order valence-electron chi connectivity index (χ2n) is 8.14. The van der Waals surface area contributed by atoms with Gasteiger partial charge < -0.3 is 14.2 Å². The summed E-state index contributed by atoms with van der Waals surface area (Å²) in [6.45, 7) is 8.75. The number of nitrogens with zero attached hydrogens (tertiary/aromatic N) is 2. The molecule has 2 aliphatic rings. The molecule has 0 radical (unpaired) electrons. The number of carbonyl (C=O) groups is 1. The third-order valence-electron chi connectivity index (χ3n) is 5.48. The van der Waals surface area contributed by atoms with Gasteiger partial charge in [0.1, 0.15) is 5.60 Å². The van der Waals surface area contributed by atoms with Crippen molar-refractivity contribution in [3.05, 3.63) is 45.9 Å². The highest BCUT2D eigenvalue weighted by Gasteiger charge is 2.42. The number of amides is 1. The number of piperidine rings is 1. The molecule has 5 heteroatoms. The molecule has 4 nitrogen and oxygen atoms in total. The van der Waals surface area contributed by atoms with Crippen molar-refractivity contribution in [2.75, 3.05) is 19.7 Å². The second-order valence-corrected chi connectivity index (χ2v) is 9.05. The molecule has 1 saturated heterocycles. The van der Waals surface area contributed by atoms with Crippen molar-refractivity contribution in [3.8, 4) is 0 Å². The van der Waals surface area contributed by atoms with Gasteiger partial charge in [-0.3, -0.25) is 4.79 Å². The summed E-state index contributed by atoms with van der Waals surface area (Å²) >= 11 is 1.81. The number of fused-ring (bicyclic) bond motifs is 2. The molecule has 0 aliphatic carbocycles. The Kier molecular flexibility index (Phi) is 4.04. The van der Waals surface area contributed by atoms with Crippen molar-refractivity contribution in [2.24, 2.45) is 0 Å². The third-order valence-corrected chi connectivity index (χ3v) is 6.63. The van der Waals surface area contributed by atoms with Gasteiger partial charge in [0.25, 0.3) is 5.91 Å².